The number of fused-ring (bicyclic) bond motifs is 1. The molecule has 0 radical (unpaired) electrons. The number of nitrogens with zero attached hydrogens (tertiary/aromatic N) is 1. The van der Waals surface area contributed by atoms with Crippen LogP contribution in [0.2, 0.25) is 0 Å². The lowest BCUT2D eigenvalue weighted by Gasteiger charge is -2.04. The highest BCUT2D eigenvalue weighted by Crippen LogP contribution is 2.30. The molecule has 0 spiro atoms. The number of furan rings is 1. The van der Waals surface area contributed by atoms with Gasteiger partial charge in [0.2, 0.25) is 0 Å². The van der Waals surface area contributed by atoms with Gasteiger partial charge in [0.15, 0.2) is 5.78 Å². The average Bonchev–Trinajstić information content (AvgIpc) is 3.19. The number of benzene rings is 1. The second kappa shape index (κ2) is 7.11. The topological polar surface area (TPSA) is 52.2 Å². The average molecular weight is 428 g/mol. The van der Waals surface area contributed by atoms with Gasteiger partial charge in [-0.3, -0.25) is 9.59 Å². The molecule has 0 saturated heterocycles. The van der Waals surface area contributed by atoms with Gasteiger partial charge in [0.1, 0.15) is 5.76 Å². The summed E-state index contributed by atoms with van der Waals surface area (Å²) < 4.78 is 45.7. The van der Waals surface area contributed by atoms with E-state index in [2.05, 4.69) is 15.9 Å². The van der Waals surface area contributed by atoms with Gasteiger partial charge in [0.05, 0.1) is 18.4 Å². The van der Waals surface area contributed by atoms with Gasteiger partial charge in [0, 0.05) is 34.4 Å². The highest BCUT2D eigenvalue weighted by molar-refractivity contribution is 9.10. The zero-order chi connectivity index (χ0) is 18.9. The molecule has 0 unspecified atom stereocenters. The van der Waals surface area contributed by atoms with Crippen molar-refractivity contribution in [2.24, 2.45) is 0 Å². The molecule has 0 aliphatic rings. The van der Waals surface area contributed by atoms with E-state index in [1.165, 1.54) is 16.9 Å². The first kappa shape index (κ1) is 18.4. The number of aryl methyl sites for hydroxylation is 1. The molecule has 4 nitrogen and oxygen atoms in total. The van der Waals surface area contributed by atoms with Crippen LogP contribution >= 0.6 is 15.9 Å². The summed E-state index contributed by atoms with van der Waals surface area (Å²) in [5.74, 6) is -1.44. The Kier molecular flexibility index (Phi) is 5.04. The zero-order valence-electron chi connectivity index (χ0n) is 13.3. The minimum atomic E-state index is -4.98. The molecular formula is C18H13BrF3NO3. The molecule has 0 aliphatic carbocycles. The lowest BCUT2D eigenvalue weighted by molar-refractivity contribution is -0.119. The van der Waals surface area contributed by atoms with Crippen LogP contribution in [0.15, 0.2) is 51.7 Å². The van der Waals surface area contributed by atoms with Crippen molar-refractivity contribution in [1.82, 2.24) is 4.57 Å². The van der Waals surface area contributed by atoms with Gasteiger partial charge in [-0.15, -0.1) is 0 Å². The van der Waals surface area contributed by atoms with Gasteiger partial charge in [-0.25, -0.2) is 0 Å². The van der Waals surface area contributed by atoms with Gasteiger partial charge in [-0.1, -0.05) is 15.9 Å². The van der Waals surface area contributed by atoms with E-state index in [1.807, 2.05) is 0 Å². The smallest absolute Gasteiger partial charge is 0.454 e. The van der Waals surface area contributed by atoms with Gasteiger partial charge >= 0.3 is 6.18 Å². The molecule has 0 saturated carbocycles. The van der Waals surface area contributed by atoms with Crippen LogP contribution in [-0.4, -0.2) is 22.3 Å². The standard InChI is InChI=1S/C18H13BrF3NO3/c19-11-3-6-16-14(8-11)15(17(25)18(20,21)22)10-23(16)9-12(24)4-5-13-2-1-7-26-13/h1-3,6-8,10H,4-5,9H2. The number of carbonyl (C=O) groups is 2. The lowest BCUT2D eigenvalue weighted by Crippen LogP contribution is -2.22. The number of rotatable bonds is 6. The fraction of sp³-hybridized carbons (Fsp3) is 0.222. The van der Waals surface area contributed by atoms with E-state index in [-0.39, 0.29) is 24.1 Å². The number of hydrogen-bond acceptors (Lipinski definition) is 3. The van der Waals surface area contributed by atoms with Crippen molar-refractivity contribution < 1.29 is 27.2 Å². The molecule has 0 fully saturated rings. The van der Waals surface area contributed by atoms with E-state index in [0.29, 0.717) is 22.2 Å². The normalized spacial score (nSPS) is 11.8. The Balaban J connectivity index is 1.88. The monoisotopic (exact) mass is 427 g/mol. The van der Waals surface area contributed by atoms with Crippen LogP contribution in [0.4, 0.5) is 13.2 Å². The summed E-state index contributed by atoms with van der Waals surface area (Å²) in [7, 11) is 0. The van der Waals surface area contributed by atoms with Crippen LogP contribution in [-0.2, 0) is 17.8 Å². The second-order valence-electron chi connectivity index (χ2n) is 5.78. The number of alkyl halides is 3. The van der Waals surface area contributed by atoms with E-state index < -0.39 is 17.5 Å². The number of aromatic nitrogens is 1. The Morgan fingerprint density at radius 1 is 1.19 bits per heavy atom. The first-order valence-electron chi connectivity index (χ1n) is 7.69. The molecule has 3 rings (SSSR count). The molecule has 2 heterocycles. The summed E-state index contributed by atoms with van der Waals surface area (Å²) in [4.78, 5) is 23.9. The van der Waals surface area contributed by atoms with Crippen molar-refractivity contribution in [2.45, 2.75) is 25.6 Å². The van der Waals surface area contributed by atoms with Crippen LogP contribution < -0.4 is 0 Å². The molecule has 0 N–H and O–H groups in total. The Labute approximate surface area is 154 Å². The minimum Gasteiger partial charge on any atom is -0.469 e. The highest BCUT2D eigenvalue weighted by atomic mass is 79.9. The maximum Gasteiger partial charge on any atom is 0.454 e. The van der Waals surface area contributed by atoms with Gasteiger partial charge in [-0.05, 0) is 30.3 Å². The SMILES string of the molecule is O=C(CCc1ccco1)Cn1cc(C(=O)C(F)(F)F)c2cc(Br)ccc21. The predicted octanol–water partition coefficient (Wildman–Crippen LogP) is 4.94. The second-order valence-corrected chi connectivity index (χ2v) is 6.69. The quantitative estimate of drug-likeness (QED) is 0.523. The van der Waals surface area contributed by atoms with E-state index >= 15 is 0 Å². The predicted molar refractivity (Wildman–Crippen MR) is 92.1 cm³/mol. The molecule has 0 amide bonds. The van der Waals surface area contributed by atoms with Crippen LogP contribution in [0.5, 0.6) is 0 Å². The summed E-state index contributed by atoms with van der Waals surface area (Å²) in [6.45, 7) is -0.121. The Morgan fingerprint density at radius 2 is 1.96 bits per heavy atom. The summed E-state index contributed by atoms with van der Waals surface area (Å²) in [5, 5.41) is 0.153. The fourth-order valence-electron chi connectivity index (χ4n) is 2.72. The van der Waals surface area contributed by atoms with Crippen molar-refractivity contribution in [2.75, 3.05) is 0 Å². The molecule has 8 heteroatoms. The number of carbonyl (C=O) groups excluding carboxylic acids is 2. The van der Waals surface area contributed by atoms with E-state index in [4.69, 9.17) is 4.42 Å². The Bertz CT molecular complexity index is 958. The summed E-state index contributed by atoms with van der Waals surface area (Å²) >= 11 is 3.19. The summed E-state index contributed by atoms with van der Waals surface area (Å²) in [6.07, 6.45) is -1.79. The third-order valence-electron chi connectivity index (χ3n) is 3.92. The number of ketones is 2. The van der Waals surface area contributed by atoms with Gasteiger partial charge in [-0.2, -0.15) is 13.2 Å². The maximum absolute atomic E-state index is 12.9. The van der Waals surface area contributed by atoms with Crippen LogP contribution in [0.3, 0.4) is 0 Å². The Morgan fingerprint density at radius 3 is 2.62 bits per heavy atom. The minimum absolute atomic E-state index is 0.121. The molecular weight excluding hydrogens is 415 g/mol. The maximum atomic E-state index is 12.9. The molecule has 26 heavy (non-hydrogen) atoms. The number of Topliss-reactive ketones (excluding diaryl/α,β-unsaturated/α-hetero) is 2. The Hall–Kier alpha value is -2.35. The number of halogens is 4. The van der Waals surface area contributed by atoms with Gasteiger partial charge in [0.25, 0.3) is 5.78 Å². The first-order valence-corrected chi connectivity index (χ1v) is 8.49. The molecule has 3 aromatic rings. The molecule has 0 aliphatic heterocycles. The molecule has 136 valence electrons. The first-order chi connectivity index (χ1) is 12.3. The third kappa shape index (κ3) is 3.90. The molecule has 0 atom stereocenters. The van der Waals surface area contributed by atoms with Crippen molar-refractivity contribution in [3.8, 4) is 0 Å². The van der Waals surface area contributed by atoms with E-state index in [1.54, 1.807) is 24.3 Å². The van der Waals surface area contributed by atoms with Crippen molar-refractivity contribution in [3.05, 3.63) is 58.6 Å². The van der Waals surface area contributed by atoms with Crippen molar-refractivity contribution in [1.29, 1.82) is 0 Å². The summed E-state index contributed by atoms with van der Waals surface area (Å²) in [5.41, 5.74) is -0.0696. The fourth-order valence-corrected chi connectivity index (χ4v) is 3.08. The summed E-state index contributed by atoms with van der Waals surface area (Å²) in [6, 6.07) is 8.13. The zero-order valence-corrected chi connectivity index (χ0v) is 14.9. The van der Waals surface area contributed by atoms with Crippen molar-refractivity contribution >= 4 is 38.4 Å². The molecule has 0 bridgehead atoms. The van der Waals surface area contributed by atoms with Gasteiger partial charge < -0.3 is 8.98 Å². The number of hydrogen-bond donors (Lipinski definition) is 0. The molecule has 1 aromatic carbocycles. The molecule has 2 aromatic heterocycles. The van der Waals surface area contributed by atoms with Crippen LogP contribution in [0, 0.1) is 0 Å². The van der Waals surface area contributed by atoms with Crippen LogP contribution in [0.25, 0.3) is 10.9 Å². The largest absolute Gasteiger partial charge is 0.469 e. The van der Waals surface area contributed by atoms with Crippen molar-refractivity contribution in [3.63, 3.8) is 0 Å². The van der Waals surface area contributed by atoms with E-state index in [9.17, 15) is 22.8 Å². The lowest BCUT2D eigenvalue weighted by atomic mass is 10.1. The van der Waals surface area contributed by atoms with Crippen LogP contribution in [0.1, 0.15) is 22.5 Å². The third-order valence-corrected chi connectivity index (χ3v) is 4.42. The highest BCUT2D eigenvalue weighted by Gasteiger charge is 2.40. The van der Waals surface area contributed by atoms with E-state index in [0.717, 1.165) is 6.20 Å².